The highest BCUT2D eigenvalue weighted by molar-refractivity contribution is 5.92. The average Bonchev–Trinajstić information content (AvgIpc) is 2.35. The molecule has 1 rings (SSSR count). The minimum absolute atomic E-state index is 0.391. The fourth-order valence-corrected chi connectivity index (χ4v) is 1.23. The van der Waals surface area contributed by atoms with Crippen LogP contribution in [0.1, 0.15) is 5.56 Å². The highest BCUT2D eigenvalue weighted by atomic mass is 19.4. The van der Waals surface area contributed by atoms with Gasteiger partial charge in [-0.2, -0.15) is 13.2 Å². The van der Waals surface area contributed by atoms with Crippen LogP contribution in [0.2, 0.25) is 0 Å². The molecule has 19 heavy (non-hydrogen) atoms. The summed E-state index contributed by atoms with van der Waals surface area (Å²) in [5.74, 6) is -0.709. The summed E-state index contributed by atoms with van der Waals surface area (Å²) in [7, 11) is 1.13. The van der Waals surface area contributed by atoms with Gasteiger partial charge in [0.2, 0.25) is 0 Å². The number of hydrogen-bond acceptors (Lipinski definition) is 3. The van der Waals surface area contributed by atoms with Gasteiger partial charge in [0, 0.05) is 0 Å². The second kappa shape index (κ2) is 6.07. The molecular weight excluding hydrogens is 265 g/mol. The number of anilines is 1. The van der Waals surface area contributed by atoms with E-state index in [0.717, 1.165) is 19.2 Å². The third-order valence-corrected chi connectivity index (χ3v) is 2.10. The fraction of sp³-hybridized carbons (Fsp3) is 0.273. The molecule has 0 bridgehead atoms. The quantitative estimate of drug-likeness (QED) is 0.830. The standard InChI is InChI=1S/C11H11F3N2O3/c1-19-9(17)6-15-10(18)16-8-5-3-2-4-7(8)11(12,13)14/h2-5H,6H2,1H3,(H2,15,16,18). The Balaban J connectivity index is 2.72. The van der Waals surface area contributed by atoms with Crippen LogP contribution in [0.3, 0.4) is 0 Å². The van der Waals surface area contributed by atoms with Gasteiger partial charge in [0.15, 0.2) is 0 Å². The second-order valence-electron chi connectivity index (χ2n) is 3.43. The fourth-order valence-electron chi connectivity index (χ4n) is 1.23. The Morgan fingerprint density at radius 3 is 2.47 bits per heavy atom. The van der Waals surface area contributed by atoms with E-state index in [-0.39, 0.29) is 0 Å². The molecule has 8 heteroatoms. The first-order chi connectivity index (χ1) is 8.84. The number of nitrogens with one attached hydrogen (secondary N) is 2. The van der Waals surface area contributed by atoms with Gasteiger partial charge in [0.05, 0.1) is 18.4 Å². The van der Waals surface area contributed by atoms with Crippen LogP contribution in [0.4, 0.5) is 23.7 Å². The molecular formula is C11H11F3N2O3. The van der Waals surface area contributed by atoms with E-state index in [1.54, 1.807) is 0 Å². The zero-order chi connectivity index (χ0) is 14.5. The van der Waals surface area contributed by atoms with Gasteiger partial charge in [-0.15, -0.1) is 0 Å². The molecule has 1 aromatic rings. The van der Waals surface area contributed by atoms with Crippen molar-refractivity contribution in [3.8, 4) is 0 Å². The molecule has 2 N–H and O–H groups in total. The number of rotatable bonds is 3. The second-order valence-corrected chi connectivity index (χ2v) is 3.43. The highest BCUT2D eigenvalue weighted by Gasteiger charge is 2.33. The predicted octanol–water partition coefficient (Wildman–Crippen LogP) is 2.00. The van der Waals surface area contributed by atoms with Crippen LogP contribution in [-0.2, 0) is 15.7 Å². The number of halogens is 3. The van der Waals surface area contributed by atoms with Crippen LogP contribution < -0.4 is 10.6 Å². The van der Waals surface area contributed by atoms with Gasteiger partial charge in [-0.05, 0) is 12.1 Å². The molecule has 0 aliphatic heterocycles. The van der Waals surface area contributed by atoms with Crippen molar-refractivity contribution in [3.05, 3.63) is 29.8 Å². The zero-order valence-corrected chi connectivity index (χ0v) is 9.88. The monoisotopic (exact) mass is 276 g/mol. The Morgan fingerprint density at radius 2 is 1.89 bits per heavy atom. The van der Waals surface area contributed by atoms with Gasteiger partial charge in [-0.25, -0.2) is 4.79 Å². The molecule has 2 amide bonds. The number of carbonyl (C=O) groups excluding carboxylic acids is 2. The number of alkyl halides is 3. The van der Waals surface area contributed by atoms with Crippen molar-refractivity contribution >= 4 is 17.7 Å². The molecule has 0 unspecified atom stereocenters. The number of benzene rings is 1. The molecule has 0 aliphatic rings. The van der Waals surface area contributed by atoms with Crippen molar-refractivity contribution < 1.29 is 27.5 Å². The van der Waals surface area contributed by atoms with Gasteiger partial charge in [-0.3, -0.25) is 4.79 Å². The Kier molecular flexibility index (Phi) is 4.74. The van der Waals surface area contributed by atoms with Crippen molar-refractivity contribution in [1.29, 1.82) is 0 Å². The van der Waals surface area contributed by atoms with Crippen molar-refractivity contribution in [1.82, 2.24) is 5.32 Å². The van der Waals surface area contributed by atoms with Crippen molar-refractivity contribution in [3.63, 3.8) is 0 Å². The summed E-state index contributed by atoms with van der Waals surface area (Å²) in [5.41, 5.74) is -1.36. The largest absolute Gasteiger partial charge is 0.468 e. The summed E-state index contributed by atoms with van der Waals surface area (Å²) in [6.07, 6.45) is -4.58. The van der Waals surface area contributed by atoms with Gasteiger partial charge in [0.1, 0.15) is 6.54 Å². The van der Waals surface area contributed by atoms with Crippen molar-refractivity contribution in [2.24, 2.45) is 0 Å². The van der Waals surface area contributed by atoms with Crippen LogP contribution in [0.5, 0.6) is 0 Å². The average molecular weight is 276 g/mol. The molecule has 0 radical (unpaired) electrons. The summed E-state index contributed by atoms with van der Waals surface area (Å²) in [6, 6.07) is 3.59. The minimum atomic E-state index is -4.58. The Morgan fingerprint density at radius 1 is 1.26 bits per heavy atom. The molecule has 0 spiro atoms. The number of methoxy groups -OCH3 is 1. The Labute approximate surface area is 106 Å². The maximum atomic E-state index is 12.6. The number of esters is 1. The van der Waals surface area contributed by atoms with Crippen molar-refractivity contribution in [2.75, 3.05) is 19.0 Å². The molecule has 0 aliphatic carbocycles. The normalized spacial score (nSPS) is 10.7. The lowest BCUT2D eigenvalue weighted by atomic mass is 10.1. The predicted molar refractivity (Wildman–Crippen MR) is 60.5 cm³/mol. The maximum absolute atomic E-state index is 12.6. The first-order valence-corrected chi connectivity index (χ1v) is 5.12. The summed E-state index contributed by atoms with van der Waals surface area (Å²) >= 11 is 0. The first-order valence-electron chi connectivity index (χ1n) is 5.12. The summed E-state index contributed by atoms with van der Waals surface area (Å²) in [4.78, 5) is 22.1. The molecule has 0 saturated carbocycles. The highest BCUT2D eigenvalue weighted by Crippen LogP contribution is 2.34. The first kappa shape index (κ1) is 14.8. The minimum Gasteiger partial charge on any atom is -0.468 e. The number of urea groups is 1. The number of ether oxygens (including phenoxy) is 1. The molecule has 0 heterocycles. The van der Waals surface area contributed by atoms with Crippen molar-refractivity contribution in [2.45, 2.75) is 6.18 Å². The lowest BCUT2D eigenvalue weighted by Crippen LogP contribution is -2.34. The molecule has 0 saturated heterocycles. The van der Waals surface area contributed by atoms with E-state index in [9.17, 15) is 22.8 Å². The smallest absolute Gasteiger partial charge is 0.418 e. The van der Waals surface area contributed by atoms with Gasteiger partial charge >= 0.3 is 18.2 Å². The molecule has 104 valence electrons. The number of amides is 2. The van der Waals surface area contributed by atoms with Crippen LogP contribution in [0.15, 0.2) is 24.3 Å². The van der Waals surface area contributed by atoms with Crippen LogP contribution in [-0.4, -0.2) is 25.7 Å². The zero-order valence-electron chi connectivity index (χ0n) is 9.88. The van der Waals surface area contributed by atoms with Gasteiger partial charge in [0.25, 0.3) is 0 Å². The van der Waals surface area contributed by atoms with E-state index in [2.05, 4.69) is 10.1 Å². The van der Waals surface area contributed by atoms with Crippen LogP contribution >= 0.6 is 0 Å². The lowest BCUT2D eigenvalue weighted by Gasteiger charge is -2.13. The molecule has 1 aromatic carbocycles. The number of carbonyl (C=O) groups is 2. The molecule has 5 nitrogen and oxygen atoms in total. The van der Waals surface area contributed by atoms with E-state index in [0.29, 0.717) is 0 Å². The van der Waals surface area contributed by atoms with Crippen LogP contribution in [0.25, 0.3) is 0 Å². The van der Waals surface area contributed by atoms with E-state index in [4.69, 9.17) is 0 Å². The summed E-state index contributed by atoms with van der Waals surface area (Å²) in [5, 5.41) is 4.09. The Hall–Kier alpha value is -2.25. The topological polar surface area (TPSA) is 67.4 Å². The van der Waals surface area contributed by atoms with E-state index in [1.165, 1.54) is 12.1 Å². The summed E-state index contributed by atoms with van der Waals surface area (Å²) < 4.78 is 42.1. The third kappa shape index (κ3) is 4.49. The van der Waals surface area contributed by atoms with Gasteiger partial charge < -0.3 is 15.4 Å². The van der Waals surface area contributed by atoms with E-state index >= 15 is 0 Å². The van der Waals surface area contributed by atoms with Crippen LogP contribution in [0, 0.1) is 0 Å². The number of hydrogen-bond donors (Lipinski definition) is 2. The molecule has 0 atom stereocenters. The molecule has 0 fully saturated rings. The maximum Gasteiger partial charge on any atom is 0.418 e. The van der Waals surface area contributed by atoms with E-state index in [1.807, 2.05) is 5.32 Å². The lowest BCUT2D eigenvalue weighted by molar-refractivity contribution is -0.139. The third-order valence-electron chi connectivity index (χ3n) is 2.10. The Bertz CT molecular complexity index is 474. The number of para-hydroxylation sites is 1. The summed E-state index contributed by atoms with van der Waals surface area (Å²) in [6.45, 7) is -0.434. The van der Waals surface area contributed by atoms with Gasteiger partial charge in [-0.1, -0.05) is 12.1 Å². The SMILES string of the molecule is COC(=O)CNC(=O)Nc1ccccc1C(F)(F)F. The molecule has 0 aromatic heterocycles. The van der Waals surface area contributed by atoms with E-state index < -0.39 is 36.0 Å².